The predicted octanol–water partition coefficient (Wildman–Crippen LogP) is 2.42. The Kier molecular flexibility index (Phi) is 3.06. The van der Waals surface area contributed by atoms with Crippen LogP contribution in [0, 0.1) is 17.8 Å². The maximum absolute atomic E-state index is 4.70. The SMILES string of the molecule is COOC=NC1[C@@H]2CC[C@H]1CC(C)C2. The van der Waals surface area contributed by atoms with Gasteiger partial charge in [-0.2, -0.15) is 4.89 Å². The maximum Gasteiger partial charge on any atom is 0.215 e. The van der Waals surface area contributed by atoms with Gasteiger partial charge in [-0.05, 0) is 43.4 Å². The summed E-state index contributed by atoms with van der Waals surface area (Å²) >= 11 is 0. The van der Waals surface area contributed by atoms with E-state index in [4.69, 9.17) is 4.89 Å². The minimum atomic E-state index is 0.501. The molecule has 0 aromatic rings. The van der Waals surface area contributed by atoms with Gasteiger partial charge in [0.25, 0.3) is 0 Å². The Bertz CT molecular complexity index is 203. The van der Waals surface area contributed by atoms with E-state index in [1.165, 1.54) is 39.2 Å². The van der Waals surface area contributed by atoms with Crippen LogP contribution >= 0.6 is 0 Å². The van der Waals surface area contributed by atoms with Gasteiger partial charge in [-0.1, -0.05) is 6.92 Å². The van der Waals surface area contributed by atoms with Gasteiger partial charge in [-0.15, -0.1) is 0 Å². The van der Waals surface area contributed by atoms with Crippen LogP contribution < -0.4 is 0 Å². The van der Waals surface area contributed by atoms with Crippen molar-refractivity contribution in [1.29, 1.82) is 0 Å². The van der Waals surface area contributed by atoms with Gasteiger partial charge >= 0.3 is 0 Å². The topological polar surface area (TPSA) is 30.8 Å². The van der Waals surface area contributed by atoms with E-state index in [2.05, 4.69) is 16.8 Å². The lowest BCUT2D eigenvalue weighted by atomic mass is 9.78. The molecule has 2 aliphatic carbocycles. The smallest absolute Gasteiger partial charge is 0.215 e. The molecule has 0 N–H and O–H groups in total. The minimum absolute atomic E-state index is 0.501. The first-order valence-electron chi connectivity index (χ1n) is 5.52. The molecule has 0 spiro atoms. The third-order valence-corrected chi connectivity index (χ3v) is 3.66. The molecule has 80 valence electrons. The molecule has 3 heteroatoms. The van der Waals surface area contributed by atoms with Crippen molar-refractivity contribution in [3.05, 3.63) is 0 Å². The third-order valence-electron chi connectivity index (χ3n) is 3.66. The Balaban J connectivity index is 1.94. The molecule has 0 aliphatic heterocycles. The van der Waals surface area contributed by atoms with E-state index in [9.17, 15) is 0 Å². The van der Waals surface area contributed by atoms with Gasteiger partial charge in [-0.3, -0.25) is 4.99 Å². The van der Waals surface area contributed by atoms with Crippen LogP contribution in [0.4, 0.5) is 0 Å². The van der Waals surface area contributed by atoms with E-state index in [-0.39, 0.29) is 0 Å². The number of hydrogen-bond donors (Lipinski definition) is 0. The largest absolute Gasteiger partial charge is 0.326 e. The zero-order valence-electron chi connectivity index (χ0n) is 8.98. The summed E-state index contributed by atoms with van der Waals surface area (Å²) in [4.78, 5) is 13.7. The van der Waals surface area contributed by atoms with Crippen LogP contribution in [0.2, 0.25) is 0 Å². The molecule has 2 saturated carbocycles. The fourth-order valence-corrected chi connectivity index (χ4v) is 3.18. The summed E-state index contributed by atoms with van der Waals surface area (Å²) in [5.41, 5.74) is 0. The summed E-state index contributed by atoms with van der Waals surface area (Å²) < 4.78 is 0. The summed E-state index contributed by atoms with van der Waals surface area (Å²) in [6.45, 7) is 2.36. The average molecular weight is 197 g/mol. The van der Waals surface area contributed by atoms with E-state index >= 15 is 0 Å². The van der Waals surface area contributed by atoms with Gasteiger partial charge in [-0.25, -0.2) is 0 Å². The van der Waals surface area contributed by atoms with E-state index in [0.717, 1.165) is 17.8 Å². The normalized spacial score (nSPS) is 41.9. The van der Waals surface area contributed by atoms with Crippen LogP contribution in [0.3, 0.4) is 0 Å². The Labute approximate surface area is 85.4 Å². The van der Waals surface area contributed by atoms with Gasteiger partial charge in [0.2, 0.25) is 6.40 Å². The second-order valence-corrected chi connectivity index (χ2v) is 4.68. The lowest BCUT2D eigenvalue weighted by Crippen LogP contribution is -2.28. The standard InChI is InChI=1S/C11H19NO2/c1-8-5-9-3-4-10(6-8)11(9)12-7-14-13-2/h7-11H,3-6H2,1-2H3/t8?,9-,10+,11?. The first kappa shape index (κ1) is 9.97. The molecule has 2 bridgehead atoms. The van der Waals surface area contributed by atoms with Crippen LogP contribution in [-0.4, -0.2) is 19.6 Å². The van der Waals surface area contributed by atoms with E-state index < -0.39 is 0 Å². The van der Waals surface area contributed by atoms with Crippen molar-refractivity contribution in [1.82, 2.24) is 0 Å². The summed E-state index contributed by atoms with van der Waals surface area (Å²) in [7, 11) is 1.50. The van der Waals surface area contributed by atoms with Gasteiger partial charge in [0.15, 0.2) is 0 Å². The van der Waals surface area contributed by atoms with E-state index in [1.54, 1.807) is 0 Å². The molecule has 0 radical (unpaired) electrons. The number of rotatable bonds is 3. The molecule has 0 aromatic heterocycles. The summed E-state index contributed by atoms with van der Waals surface area (Å²) in [6.07, 6.45) is 6.84. The van der Waals surface area contributed by atoms with Gasteiger partial charge < -0.3 is 4.89 Å². The molecule has 0 heterocycles. The molecule has 0 aromatic carbocycles. The number of hydrogen-bond acceptors (Lipinski definition) is 3. The van der Waals surface area contributed by atoms with Crippen LogP contribution in [0.15, 0.2) is 4.99 Å². The molecule has 4 atom stereocenters. The van der Waals surface area contributed by atoms with Gasteiger partial charge in [0.05, 0.1) is 13.2 Å². The van der Waals surface area contributed by atoms with Crippen LogP contribution in [-0.2, 0) is 9.78 Å². The lowest BCUT2D eigenvalue weighted by molar-refractivity contribution is -0.188. The molecule has 2 fully saturated rings. The predicted molar refractivity (Wildman–Crippen MR) is 55.0 cm³/mol. The molecule has 0 saturated heterocycles. The molecular formula is C11H19NO2. The second kappa shape index (κ2) is 4.30. The fourth-order valence-electron chi connectivity index (χ4n) is 3.18. The highest BCUT2D eigenvalue weighted by Gasteiger charge is 2.41. The van der Waals surface area contributed by atoms with Crippen molar-refractivity contribution in [2.45, 2.75) is 38.6 Å². The van der Waals surface area contributed by atoms with Crippen molar-refractivity contribution >= 4 is 6.40 Å². The van der Waals surface area contributed by atoms with Crippen molar-refractivity contribution in [3.8, 4) is 0 Å². The van der Waals surface area contributed by atoms with Crippen molar-refractivity contribution < 1.29 is 9.78 Å². The van der Waals surface area contributed by atoms with Crippen molar-refractivity contribution in [2.24, 2.45) is 22.7 Å². The van der Waals surface area contributed by atoms with Gasteiger partial charge in [0, 0.05) is 0 Å². The molecule has 3 nitrogen and oxygen atoms in total. The molecule has 0 amide bonds. The number of nitrogens with zero attached hydrogens (tertiary/aromatic N) is 1. The molecular weight excluding hydrogens is 178 g/mol. The Morgan fingerprint density at radius 3 is 2.43 bits per heavy atom. The minimum Gasteiger partial charge on any atom is -0.326 e. The quantitative estimate of drug-likeness (QED) is 0.301. The maximum atomic E-state index is 4.70. The summed E-state index contributed by atoms with van der Waals surface area (Å²) in [6, 6.07) is 0.501. The zero-order valence-corrected chi connectivity index (χ0v) is 8.98. The van der Waals surface area contributed by atoms with E-state index in [1.807, 2.05) is 0 Å². The van der Waals surface area contributed by atoms with Crippen LogP contribution in [0.1, 0.15) is 32.6 Å². The molecule has 2 rings (SSSR count). The highest BCUT2D eigenvalue weighted by molar-refractivity contribution is 5.46. The van der Waals surface area contributed by atoms with Crippen molar-refractivity contribution in [2.75, 3.05) is 7.11 Å². The summed E-state index contributed by atoms with van der Waals surface area (Å²) in [5.74, 6) is 2.48. The van der Waals surface area contributed by atoms with Gasteiger partial charge in [0.1, 0.15) is 0 Å². The third kappa shape index (κ3) is 1.92. The Morgan fingerprint density at radius 2 is 1.86 bits per heavy atom. The average Bonchev–Trinajstić information content (AvgIpc) is 2.42. The highest BCUT2D eigenvalue weighted by atomic mass is 17.2. The number of aliphatic imine (C=N–C) groups is 1. The van der Waals surface area contributed by atoms with Crippen LogP contribution in [0.5, 0.6) is 0 Å². The first-order valence-corrected chi connectivity index (χ1v) is 5.52. The molecule has 2 aliphatic rings. The Hall–Kier alpha value is -0.570. The second-order valence-electron chi connectivity index (χ2n) is 4.68. The zero-order chi connectivity index (χ0) is 9.97. The lowest BCUT2D eigenvalue weighted by Gasteiger charge is -2.30. The van der Waals surface area contributed by atoms with Crippen LogP contribution in [0.25, 0.3) is 0 Å². The summed E-state index contributed by atoms with van der Waals surface area (Å²) in [5, 5.41) is 0. The number of fused-ring (bicyclic) bond motifs is 2. The molecule has 2 unspecified atom stereocenters. The highest BCUT2D eigenvalue weighted by Crippen LogP contribution is 2.46. The first-order chi connectivity index (χ1) is 6.81. The molecule has 14 heavy (non-hydrogen) atoms. The fraction of sp³-hybridized carbons (Fsp3) is 0.909. The van der Waals surface area contributed by atoms with E-state index in [0.29, 0.717) is 6.04 Å². The Morgan fingerprint density at radius 1 is 1.21 bits per heavy atom. The monoisotopic (exact) mass is 197 g/mol. The van der Waals surface area contributed by atoms with Crippen molar-refractivity contribution in [3.63, 3.8) is 0 Å².